The molecule has 4 aromatic rings. The molecule has 0 aliphatic rings. The molecule has 1 atom stereocenters. The maximum Gasteiger partial charge on any atom is 0.0491 e. The normalized spacial score (nSPS) is 12.4. The van der Waals surface area contributed by atoms with Crippen LogP contribution in [0.4, 0.5) is 5.69 Å². The minimum atomic E-state index is 0.243. The maximum absolute atomic E-state index is 3.69. The molecule has 0 aromatic heterocycles. The Balaban J connectivity index is 1.75. The van der Waals surface area contributed by atoms with Gasteiger partial charge in [0.2, 0.25) is 0 Å². The highest BCUT2D eigenvalue weighted by molar-refractivity contribution is 5.94. The van der Waals surface area contributed by atoms with Crippen LogP contribution in [0.5, 0.6) is 0 Å². The van der Waals surface area contributed by atoms with Crippen molar-refractivity contribution in [2.45, 2.75) is 13.0 Å². The second-order valence-corrected chi connectivity index (χ2v) is 5.96. The van der Waals surface area contributed by atoms with E-state index in [1.807, 2.05) is 0 Å². The van der Waals surface area contributed by atoms with E-state index < -0.39 is 0 Å². The molecular weight excluding hydrogens is 278 g/mol. The minimum Gasteiger partial charge on any atom is -0.378 e. The van der Waals surface area contributed by atoms with Gasteiger partial charge in [-0.15, -0.1) is 0 Å². The Bertz CT molecular complexity index is 961. The summed E-state index contributed by atoms with van der Waals surface area (Å²) in [6.07, 6.45) is 0. The number of fused-ring (bicyclic) bond motifs is 2. The molecule has 23 heavy (non-hydrogen) atoms. The second-order valence-electron chi connectivity index (χ2n) is 5.96. The lowest BCUT2D eigenvalue weighted by molar-refractivity contribution is 0.897. The number of anilines is 1. The largest absolute Gasteiger partial charge is 0.378 e. The van der Waals surface area contributed by atoms with Crippen LogP contribution in [0.15, 0.2) is 84.9 Å². The van der Waals surface area contributed by atoms with Crippen LogP contribution in [0, 0.1) is 0 Å². The van der Waals surface area contributed by atoms with Gasteiger partial charge in [-0.3, -0.25) is 0 Å². The van der Waals surface area contributed by atoms with E-state index in [1.165, 1.54) is 32.8 Å². The van der Waals surface area contributed by atoms with Crippen LogP contribution in [-0.2, 0) is 0 Å². The van der Waals surface area contributed by atoms with Gasteiger partial charge in [0.25, 0.3) is 0 Å². The van der Waals surface area contributed by atoms with E-state index in [0.29, 0.717) is 0 Å². The summed E-state index contributed by atoms with van der Waals surface area (Å²) in [6.45, 7) is 2.23. The van der Waals surface area contributed by atoms with Crippen molar-refractivity contribution in [3.63, 3.8) is 0 Å². The van der Waals surface area contributed by atoms with Gasteiger partial charge in [0.1, 0.15) is 0 Å². The summed E-state index contributed by atoms with van der Waals surface area (Å²) in [7, 11) is 0. The number of nitrogens with one attached hydrogen (secondary N) is 1. The summed E-state index contributed by atoms with van der Waals surface area (Å²) >= 11 is 0. The molecular formula is C22H19N. The minimum absolute atomic E-state index is 0.243. The van der Waals surface area contributed by atoms with E-state index in [9.17, 15) is 0 Å². The molecule has 1 N–H and O–H groups in total. The monoisotopic (exact) mass is 297 g/mol. The maximum atomic E-state index is 3.69. The second kappa shape index (κ2) is 5.77. The van der Waals surface area contributed by atoms with E-state index in [1.54, 1.807) is 0 Å². The van der Waals surface area contributed by atoms with Crippen LogP contribution in [0.3, 0.4) is 0 Å². The molecule has 0 amide bonds. The van der Waals surface area contributed by atoms with Crippen LogP contribution >= 0.6 is 0 Å². The van der Waals surface area contributed by atoms with E-state index in [-0.39, 0.29) is 6.04 Å². The average Bonchev–Trinajstić information content (AvgIpc) is 2.61. The molecule has 0 bridgehead atoms. The highest BCUT2D eigenvalue weighted by Crippen LogP contribution is 2.30. The smallest absolute Gasteiger partial charge is 0.0491 e. The third-order valence-electron chi connectivity index (χ3n) is 4.45. The van der Waals surface area contributed by atoms with Gasteiger partial charge in [-0.1, -0.05) is 78.9 Å². The molecule has 0 aliphatic carbocycles. The SMILES string of the molecule is C[C@H](Nc1cccc2ccccc12)c1cccc2ccccc12. The lowest BCUT2D eigenvalue weighted by Gasteiger charge is -2.19. The van der Waals surface area contributed by atoms with E-state index in [2.05, 4.69) is 97.2 Å². The predicted octanol–water partition coefficient (Wildman–Crippen LogP) is 6.17. The molecule has 1 heteroatoms. The van der Waals surface area contributed by atoms with Gasteiger partial charge in [-0.05, 0) is 34.7 Å². The Morgan fingerprint density at radius 1 is 0.609 bits per heavy atom. The Kier molecular flexibility index (Phi) is 3.47. The number of benzene rings is 4. The third-order valence-corrected chi connectivity index (χ3v) is 4.45. The molecule has 0 radical (unpaired) electrons. The first-order chi connectivity index (χ1) is 11.3. The number of hydrogen-bond acceptors (Lipinski definition) is 1. The quantitative estimate of drug-likeness (QED) is 0.477. The Labute approximate surface area is 136 Å². The zero-order chi connectivity index (χ0) is 15.6. The summed E-state index contributed by atoms with van der Waals surface area (Å²) in [5, 5.41) is 8.83. The first-order valence-electron chi connectivity index (χ1n) is 8.05. The van der Waals surface area contributed by atoms with Crippen molar-refractivity contribution >= 4 is 27.2 Å². The van der Waals surface area contributed by atoms with Gasteiger partial charge in [0.15, 0.2) is 0 Å². The topological polar surface area (TPSA) is 12.0 Å². The molecule has 1 nitrogen and oxygen atoms in total. The highest BCUT2D eigenvalue weighted by atomic mass is 14.9. The Morgan fingerprint density at radius 2 is 1.17 bits per heavy atom. The summed E-state index contributed by atoms with van der Waals surface area (Å²) in [4.78, 5) is 0. The summed E-state index contributed by atoms with van der Waals surface area (Å²) in [5.74, 6) is 0. The van der Waals surface area contributed by atoms with E-state index in [0.717, 1.165) is 0 Å². The van der Waals surface area contributed by atoms with Crippen molar-refractivity contribution in [1.82, 2.24) is 0 Å². The molecule has 4 aromatic carbocycles. The van der Waals surface area contributed by atoms with Crippen molar-refractivity contribution in [3.05, 3.63) is 90.5 Å². The Morgan fingerprint density at radius 3 is 1.96 bits per heavy atom. The van der Waals surface area contributed by atoms with Crippen molar-refractivity contribution < 1.29 is 0 Å². The molecule has 0 saturated heterocycles. The van der Waals surface area contributed by atoms with Gasteiger partial charge in [-0.2, -0.15) is 0 Å². The van der Waals surface area contributed by atoms with Crippen molar-refractivity contribution in [2.75, 3.05) is 5.32 Å². The molecule has 0 spiro atoms. The lowest BCUT2D eigenvalue weighted by atomic mass is 9.99. The summed E-state index contributed by atoms with van der Waals surface area (Å²) in [5.41, 5.74) is 2.51. The van der Waals surface area contributed by atoms with Crippen molar-refractivity contribution in [1.29, 1.82) is 0 Å². The zero-order valence-corrected chi connectivity index (χ0v) is 13.2. The molecule has 112 valence electrons. The molecule has 0 heterocycles. The molecule has 0 saturated carbocycles. The number of hydrogen-bond donors (Lipinski definition) is 1. The highest BCUT2D eigenvalue weighted by Gasteiger charge is 2.10. The van der Waals surface area contributed by atoms with Crippen LogP contribution in [-0.4, -0.2) is 0 Å². The Hall–Kier alpha value is -2.80. The van der Waals surface area contributed by atoms with Gasteiger partial charge in [-0.25, -0.2) is 0 Å². The summed E-state index contributed by atoms with van der Waals surface area (Å²) in [6, 6.07) is 30.3. The molecule has 0 aliphatic heterocycles. The van der Waals surface area contributed by atoms with Crippen LogP contribution in [0.1, 0.15) is 18.5 Å². The zero-order valence-electron chi connectivity index (χ0n) is 13.2. The molecule has 4 rings (SSSR count). The van der Waals surface area contributed by atoms with Gasteiger partial charge in [0, 0.05) is 17.1 Å². The van der Waals surface area contributed by atoms with Crippen LogP contribution in [0.2, 0.25) is 0 Å². The van der Waals surface area contributed by atoms with E-state index >= 15 is 0 Å². The van der Waals surface area contributed by atoms with Gasteiger partial charge >= 0.3 is 0 Å². The van der Waals surface area contributed by atoms with Gasteiger partial charge < -0.3 is 5.32 Å². The first-order valence-corrected chi connectivity index (χ1v) is 8.05. The fourth-order valence-electron chi connectivity index (χ4n) is 3.29. The van der Waals surface area contributed by atoms with Crippen LogP contribution < -0.4 is 5.32 Å². The lowest BCUT2D eigenvalue weighted by Crippen LogP contribution is -2.07. The third kappa shape index (κ3) is 2.55. The molecule has 0 unspecified atom stereocenters. The average molecular weight is 297 g/mol. The fraction of sp³-hybridized carbons (Fsp3) is 0.0909. The van der Waals surface area contributed by atoms with Crippen LogP contribution in [0.25, 0.3) is 21.5 Å². The first kappa shape index (κ1) is 13.8. The standard InChI is InChI=1S/C22H19N/c1-16(19-14-6-10-17-8-2-4-12-20(17)19)23-22-15-7-11-18-9-3-5-13-21(18)22/h2-16,23H,1H3/t16-/m0/s1. The van der Waals surface area contributed by atoms with Gasteiger partial charge in [0.05, 0.1) is 0 Å². The van der Waals surface area contributed by atoms with Crippen molar-refractivity contribution in [3.8, 4) is 0 Å². The molecule has 0 fully saturated rings. The van der Waals surface area contributed by atoms with E-state index in [4.69, 9.17) is 0 Å². The fourth-order valence-corrected chi connectivity index (χ4v) is 3.29. The number of rotatable bonds is 3. The predicted molar refractivity (Wildman–Crippen MR) is 99.9 cm³/mol. The summed E-state index contributed by atoms with van der Waals surface area (Å²) < 4.78 is 0. The van der Waals surface area contributed by atoms with Crippen molar-refractivity contribution in [2.24, 2.45) is 0 Å².